The molecule has 0 unspecified atom stereocenters. The van der Waals surface area contributed by atoms with Crippen LogP contribution in [0.15, 0.2) is 73.1 Å². The van der Waals surface area contributed by atoms with Crippen molar-refractivity contribution in [1.82, 2.24) is 15.0 Å². The predicted octanol–water partition coefficient (Wildman–Crippen LogP) is 5.91. The van der Waals surface area contributed by atoms with Crippen molar-refractivity contribution >= 4 is 29.1 Å². The number of Topliss-reactive ketones (excluding diaryl/α,β-unsaturated/α-hetero) is 1. The fourth-order valence-electron chi connectivity index (χ4n) is 4.41. The van der Waals surface area contributed by atoms with Gasteiger partial charge in [-0.1, -0.05) is 24.3 Å². The quantitative estimate of drug-likeness (QED) is 0.281. The van der Waals surface area contributed by atoms with Gasteiger partial charge in [-0.15, -0.1) is 0 Å². The molecule has 0 spiro atoms. The number of hydrogen-bond acceptors (Lipinski definition) is 7. The highest BCUT2D eigenvalue weighted by molar-refractivity contribution is 6.00. The van der Waals surface area contributed by atoms with Crippen LogP contribution in [0.4, 0.5) is 35.3 Å². The van der Waals surface area contributed by atoms with Gasteiger partial charge in [-0.05, 0) is 43.3 Å². The van der Waals surface area contributed by atoms with Crippen LogP contribution >= 0.6 is 0 Å². The first-order valence-electron chi connectivity index (χ1n) is 12.7. The average Bonchev–Trinajstić information content (AvgIpc) is 2.97. The maximum atomic E-state index is 13.6. The minimum atomic E-state index is -4.59. The van der Waals surface area contributed by atoms with Crippen LogP contribution in [0.5, 0.6) is 0 Å². The molecule has 0 bridgehead atoms. The van der Waals surface area contributed by atoms with Crippen molar-refractivity contribution in [2.45, 2.75) is 13.1 Å². The van der Waals surface area contributed by atoms with E-state index < -0.39 is 17.8 Å². The lowest BCUT2D eigenvalue weighted by Crippen LogP contribution is -2.36. The Balaban J connectivity index is 1.32. The number of aromatic nitrogens is 3. The van der Waals surface area contributed by atoms with Gasteiger partial charge in [-0.2, -0.15) is 13.2 Å². The van der Waals surface area contributed by atoms with E-state index in [4.69, 9.17) is 4.74 Å². The van der Waals surface area contributed by atoms with Crippen LogP contribution in [0.3, 0.4) is 0 Å². The summed E-state index contributed by atoms with van der Waals surface area (Å²) in [4.78, 5) is 39.3. The Kier molecular flexibility index (Phi) is 7.92. The first-order chi connectivity index (χ1) is 19.7. The number of anilines is 3. The number of ether oxygens (including phenoxy) is 1. The number of amides is 2. The van der Waals surface area contributed by atoms with Crippen LogP contribution in [-0.2, 0) is 10.9 Å². The number of ketones is 1. The second-order valence-electron chi connectivity index (χ2n) is 9.24. The zero-order valence-electron chi connectivity index (χ0n) is 21.9. The minimum absolute atomic E-state index is 0.0272. The van der Waals surface area contributed by atoms with Crippen LogP contribution in [-0.4, -0.2) is 53.1 Å². The molecule has 2 aromatic heterocycles. The zero-order valence-corrected chi connectivity index (χ0v) is 21.9. The SMILES string of the molecule is CC(=O)c1ccccc1-c1ccc(-c2ccnc(NC(=O)Nc3cc(N4CCOCC4)cc(C(F)(F)F)c3)n2)cn1. The smallest absolute Gasteiger partial charge is 0.378 e. The van der Waals surface area contributed by atoms with E-state index in [2.05, 4.69) is 25.6 Å². The van der Waals surface area contributed by atoms with Gasteiger partial charge in [-0.3, -0.25) is 15.1 Å². The van der Waals surface area contributed by atoms with Crippen molar-refractivity contribution in [2.24, 2.45) is 0 Å². The summed E-state index contributed by atoms with van der Waals surface area (Å²) in [5, 5.41) is 4.92. The maximum Gasteiger partial charge on any atom is 0.416 e. The molecular weight excluding hydrogens is 537 g/mol. The molecule has 5 rings (SSSR count). The lowest BCUT2D eigenvalue weighted by atomic mass is 10.0. The summed E-state index contributed by atoms with van der Waals surface area (Å²) in [6, 6.07) is 15.0. The van der Waals surface area contributed by atoms with E-state index in [-0.39, 0.29) is 17.4 Å². The molecule has 0 aliphatic carbocycles. The maximum absolute atomic E-state index is 13.6. The molecule has 2 aromatic carbocycles. The number of pyridine rings is 1. The van der Waals surface area contributed by atoms with Crippen molar-refractivity contribution in [3.05, 3.63) is 84.2 Å². The lowest BCUT2D eigenvalue weighted by molar-refractivity contribution is -0.137. The number of halogens is 3. The lowest BCUT2D eigenvalue weighted by Gasteiger charge is -2.29. The fraction of sp³-hybridized carbons (Fsp3) is 0.207. The number of nitrogens with one attached hydrogen (secondary N) is 2. The number of alkyl halides is 3. The highest BCUT2D eigenvalue weighted by Gasteiger charge is 2.32. The molecule has 1 saturated heterocycles. The molecule has 2 N–H and O–H groups in total. The second kappa shape index (κ2) is 11.7. The van der Waals surface area contributed by atoms with Crippen molar-refractivity contribution in [3.8, 4) is 22.5 Å². The summed E-state index contributed by atoms with van der Waals surface area (Å²) >= 11 is 0. The Morgan fingerprint density at radius 1 is 0.927 bits per heavy atom. The molecule has 3 heterocycles. The molecule has 1 aliphatic rings. The summed E-state index contributed by atoms with van der Waals surface area (Å²) in [6.45, 7) is 3.17. The number of urea groups is 1. The van der Waals surface area contributed by atoms with Crippen molar-refractivity contribution in [3.63, 3.8) is 0 Å². The second-order valence-corrected chi connectivity index (χ2v) is 9.24. The van der Waals surface area contributed by atoms with Gasteiger partial charge in [-0.25, -0.2) is 14.8 Å². The van der Waals surface area contributed by atoms with Crippen molar-refractivity contribution < 1.29 is 27.5 Å². The Labute approximate surface area is 233 Å². The molecule has 9 nitrogen and oxygen atoms in total. The Hall–Kier alpha value is -4.84. The van der Waals surface area contributed by atoms with E-state index in [1.165, 1.54) is 19.2 Å². The van der Waals surface area contributed by atoms with Gasteiger partial charge in [0.15, 0.2) is 5.78 Å². The Bertz CT molecular complexity index is 1570. The molecule has 2 amide bonds. The van der Waals surface area contributed by atoms with Gasteiger partial charge in [0.2, 0.25) is 5.95 Å². The normalized spacial score (nSPS) is 13.5. The van der Waals surface area contributed by atoms with Gasteiger partial charge in [0.1, 0.15) is 0 Å². The van der Waals surface area contributed by atoms with Crippen molar-refractivity contribution in [2.75, 3.05) is 41.8 Å². The molecule has 1 aliphatic heterocycles. The zero-order chi connectivity index (χ0) is 29.0. The van der Waals surface area contributed by atoms with Crippen molar-refractivity contribution in [1.29, 1.82) is 0 Å². The molecule has 0 radical (unpaired) electrons. The molecule has 4 aromatic rings. The summed E-state index contributed by atoms with van der Waals surface area (Å²) in [6.07, 6.45) is -1.56. The summed E-state index contributed by atoms with van der Waals surface area (Å²) in [5.74, 6) is -0.120. The van der Waals surface area contributed by atoms with Gasteiger partial charge in [0.05, 0.1) is 30.2 Å². The first kappa shape index (κ1) is 27.7. The molecule has 0 atom stereocenters. The van der Waals surface area contributed by atoms with E-state index in [1.807, 2.05) is 12.1 Å². The Morgan fingerprint density at radius 3 is 2.41 bits per heavy atom. The first-order valence-corrected chi connectivity index (χ1v) is 12.7. The van der Waals surface area contributed by atoms with E-state index in [0.717, 1.165) is 12.1 Å². The summed E-state index contributed by atoms with van der Waals surface area (Å²) in [5.41, 5.74) is 2.40. The third kappa shape index (κ3) is 6.67. The van der Waals surface area contributed by atoms with E-state index in [0.29, 0.717) is 60.1 Å². The number of benzene rings is 2. The topological polar surface area (TPSA) is 109 Å². The largest absolute Gasteiger partial charge is 0.416 e. The van der Waals surface area contributed by atoms with Gasteiger partial charge in [0.25, 0.3) is 0 Å². The van der Waals surface area contributed by atoms with E-state index in [1.54, 1.807) is 41.4 Å². The predicted molar refractivity (Wildman–Crippen MR) is 148 cm³/mol. The third-order valence-corrected chi connectivity index (χ3v) is 6.40. The fourth-order valence-corrected chi connectivity index (χ4v) is 4.41. The number of nitrogens with zero attached hydrogens (tertiary/aromatic N) is 4. The number of carbonyl (C=O) groups is 2. The number of carbonyl (C=O) groups excluding carboxylic acids is 2. The standard InChI is InChI=1S/C29H25F3N6O3/c1-18(39)23-4-2-3-5-24(23)26-7-6-19(17-34-26)25-8-9-33-27(36-25)37-28(40)35-21-14-20(29(30,31)32)15-22(16-21)38-10-12-41-13-11-38/h2-9,14-17H,10-13H2,1H3,(H2,33,35,36,37,40). The summed E-state index contributed by atoms with van der Waals surface area (Å²) < 4.78 is 46.0. The molecular formula is C29H25F3N6O3. The number of hydrogen-bond donors (Lipinski definition) is 2. The number of morpholine rings is 1. The van der Waals surface area contributed by atoms with E-state index >= 15 is 0 Å². The third-order valence-electron chi connectivity index (χ3n) is 6.40. The number of rotatable bonds is 6. The molecule has 1 fully saturated rings. The molecule has 41 heavy (non-hydrogen) atoms. The van der Waals surface area contributed by atoms with Crippen LogP contribution in [0.1, 0.15) is 22.8 Å². The van der Waals surface area contributed by atoms with Gasteiger partial charge < -0.3 is 15.0 Å². The monoisotopic (exact) mass is 562 g/mol. The molecule has 12 heteroatoms. The van der Waals surface area contributed by atoms with Gasteiger partial charge in [0, 0.05) is 53.5 Å². The van der Waals surface area contributed by atoms with Crippen LogP contribution in [0, 0.1) is 0 Å². The van der Waals surface area contributed by atoms with Crippen LogP contribution in [0.2, 0.25) is 0 Å². The Morgan fingerprint density at radius 2 is 1.71 bits per heavy atom. The molecule has 210 valence electrons. The highest BCUT2D eigenvalue weighted by atomic mass is 19.4. The van der Waals surface area contributed by atoms with Crippen LogP contribution in [0.25, 0.3) is 22.5 Å². The van der Waals surface area contributed by atoms with Gasteiger partial charge >= 0.3 is 12.2 Å². The minimum Gasteiger partial charge on any atom is -0.378 e. The average molecular weight is 563 g/mol. The highest BCUT2D eigenvalue weighted by Crippen LogP contribution is 2.35. The van der Waals surface area contributed by atoms with Crippen LogP contribution < -0.4 is 15.5 Å². The summed E-state index contributed by atoms with van der Waals surface area (Å²) in [7, 11) is 0. The molecule has 0 saturated carbocycles. The van der Waals surface area contributed by atoms with E-state index in [9.17, 15) is 22.8 Å².